The molecular formula is C32H54K2O10S. The number of hydrogen-bond acceptors (Lipinski definition) is 9. The summed E-state index contributed by atoms with van der Waals surface area (Å²) in [5.74, 6) is -0.873. The van der Waals surface area contributed by atoms with Crippen LogP contribution in [-0.4, -0.2) is 51.4 Å². The minimum absolute atomic E-state index is 0. The number of carbonyl (C=O) groups excluding carboxylic acids is 2. The van der Waals surface area contributed by atoms with E-state index in [0.717, 1.165) is 41.4 Å². The van der Waals surface area contributed by atoms with Crippen molar-refractivity contribution in [3.05, 3.63) is 70.9 Å². The van der Waals surface area contributed by atoms with Crippen LogP contribution in [-0.2, 0) is 38.3 Å². The van der Waals surface area contributed by atoms with Gasteiger partial charge in [-0.25, -0.2) is 9.59 Å². The van der Waals surface area contributed by atoms with Crippen molar-refractivity contribution in [3.8, 4) is 0 Å². The first kappa shape index (κ1) is 57.3. The largest absolute Gasteiger partial charge is 1.00 e. The number of allylic oxidation sites excluding steroid dienone is 6. The Morgan fingerprint density at radius 1 is 0.778 bits per heavy atom. The third-order valence-electron chi connectivity index (χ3n) is 4.78. The van der Waals surface area contributed by atoms with E-state index in [9.17, 15) is 18.0 Å². The van der Waals surface area contributed by atoms with E-state index < -0.39 is 16.1 Å². The Morgan fingerprint density at radius 2 is 1.13 bits per heavy atom. The van der Waals surface area contributed by atoms with Crippen molar-refractivity contribution in [1.82, 2.24) is 0 Å². The van der Waals surface area contributed by atoms with Crippen LogP contribution < -0.4 is 108 Å². The topological polar surface area (TPSA) is 156 Å². The number of hydrogen-bond donors (Lipinski definition) is 1. The molecule has 13 heteroatoms. The molecule has 0 rings (SSSR count). The van der Waals surface area contributed by atoms with Crippen LogP contribution in [0.4, 0.5) is 0 Å². The molecule has 0 amide bonds. The normalized spacial score (nSPS) is 10.4. The van der Waals surface area contributed by atoms with Gasteiger partial charge < -0.3 is 21.4 Å². The van der Waals surface area contributed by atoms with Gasteiger partial charge in [0.05, 0.1) is 19.5 Å². The molecule has 0 fully saturated rings. The number of ether oxygens (including phenoxy) is 1. The molecule has 10 nitrogen and oxygen atoms in total. The van der Waals surface area contributed by atoms with Crippen molar-refractivity contribution in [1.29, 1.82) is 0 Å². The molecule has 0 saturated carbocycles. The number of carboxylic acids is 1. The average Bonchev–Trinajstić information content (AvgIpc) is 2.82. The van der Waals surface area contributed by atoms with Crippen LogP contribution >= 0.6 is 0 Å². The smallest absolute Gasteiger partial charge is 1.00 e. The first-order valence-corrected chi connectivity index (χ1v) is 15.2. The molecule has 1 N–H and O–H groups in total. The van der Waals surface area contributed by atoms with Gasteiger partial charge in [0.15, 0.2) is 0 Å². The summed E-state index contributed by atoms with van der Waals surface area (Å²) in [4.78, 5) is 32.4. The Balaban J connectivity index is -0.0000000958. The maximum Gasteiger partial charge on any atom is 1.00 e. The number of esters is 1. The number of carboxylic acid groups (broad SMARTS) is 1. The second kappa shape index (κ2) is 35.3. The Kier molecular flexibility index (Phi) is 44.9. The minimum atomic E-state index is -3.35. The first-order valence-electron chi connectivity index (χ1n) is 13.4. The molecule has 0 bridgehead atoms. The summed E-state index contributed by atoms with van der Waals surface area (Å²) < 4.78 is 31.6. The van der Waals surface area contributed by atoms with Crippen molar-refractivity contribution in [3.63, 3.8) is 0 Å². The zero-order chi connectivity index (χ0) is 34.8. The van der Waals surface area contributed by atoms with Crippen LogP contribution in [0.3, 0.4) is 0 Å². The van der Waals surface area contributed by atoms with Crippen molar-refractivity contribution in [2.24, 2.45) is 11.8 Å². The van der Waals surface area contributed by atoms with Crippen LogP contribution in [0.1, 0.15) is 83.5 Å². The Bertz CT molecular complexity index is 1100. The van der Waals surface area contributed by atoms with E-state index in [0.29, 0.717) is 6.61 Å². The van der Waals surface area contributed by atoms with E-state index >= 15 is 0 Å². The molecule has 0 saturated heterocycles. The molecule has 0 heterocycles. The van der Waals surface area contributed by atoms with Gasteiger partial charge in [-0.15, -0.1) is 0 Å². The first-order chi connectivity index (χ1) is 19.6. The molecular weight excluding hydrogens is 655 g/mol. The monoisotopic (exact) mass is 708 g/mol. The van der Waals surface area contributed by atoms with Gasteiger partial charge in [-0.3, -0.25) is 8.98 Å². The Hall–Kier alpha value is -0.00727. The number of aliphatic carboxylic acids is 1. The molecule has 0 aliphatic heterocycles. The van der Waals surface area contributed by atoms with Crippen LogP contribution in [0, 0.1) is 11.8 Å². The predicted molar refractivity (Wildman–Crippen MR) is 171 cm³/mol. The molecule has 0 aliphatic rings. The SMILES string of the molecule is C=C(C)C(CC=C(C)C)COC(=O)C=C(C)C.C=C(C)C(CC=C(C)C)COS(C)(=O)=O.CC(C)=CC(=O)O.O=CO[O-].[H-].[K+].[K+]. The number of carbonyl (C=O) groups is 3. The van der Waals surface area contributed by atoms with Crippen LogP contribution in [0.5, 0.6) is 0 Å². The quantitative estimate of drug-likeness (QED) is 0.0385. The van der Waals surface area contributed by atoms with Crippen LogP contribution in [0.2, 0.25) is 0 Å². The van der Waals surface area contributed by atoms with Gasteiger partial charge in [-0.1, -0.05) is 58.7 Å². The number of rotatable bonds is 14. The summed E-state index contributed by atoms with van der Waals surface area (Å²) in [6.45, 7) is 27.4. The molecule has 0 aromatic heterocycles. The molecule has 0 spiro atoms. The van der Waals surface area contributed by atoms with Gasteiger partial charge >= 0.3 is 115 Å². The second-order valence-electron chi connectivity index (χ2n) is 10.7. The minimum Gasteiger partial charge on any atom is -1.00 e. The Morgan fingerprint density at radius 3 is 1.36 bits per heavy atom. The van der Waals surface area contributed by atoms with E-state index in [1.807, 2.05) is 41.5 Å². The van der Waals surface area contributed by atoms with Crippen LogP contribution in [0.15, 0.2) is 70.9 Å². The van der Waals surface area contributed by atoms with Gasteiger partial charge in [0.2, 0.25) is 0 Å². The van der Waals surface area contributed by atoms with E-state index in [2.05, 4.69) is 44.0 Å². The molecule has 0 aromatic rings. The molecule has 2 atom stereocenters. The van der Waals surface area contributed by atoms with Crippen molar-refractivity contribution in [2.75, 3.05) is 19.5 Å². The molecule has 45 heavy (non-hydrogen) atoms. The van der Waals surface area contributed by atoms with Crippen molar-refractivity contribution < 1.29 is 151 Å². The third-order valence-corrected chi connectivity index (χ3v) is 5.35. The average molecular weight is 709 g/mol. The summed E-state index contributed by atoms with van der Waals surface area (Å²) in [5.41, 5.74) is 6.23. The molecule has 0 aliphatic carbocycles. The fraction of sp³-hybridized carbons (Fsp3) is 0.531. The van der Waals surface area contributed by atoms with Crippen molar-refractivity contribution in [2.45, 2.75) is 82.1 Å². The standard InChI is InChI=1S/C15H24O2.C11H20O3S.C5H8O2.CH2O3.2K.H/c1-11(2)7-8-14(13(5)6)10-17-15(16)9-12(3)4;1-9(2)6-7-11(10(3)4)8-14-15(5,12)13;1-4(2)3-5(6)7;2-1-4-3;;;/h7,9,14H,5,8,10H2,1-4,6H3;6,11H,3,7-8H2,1-2,4-5H3;3H,1-2H3,(H,6,7);1,3H;;;/q;;;;2*+1;-1/p-1. The van der Waals surface area contributed by atoms with E-state index in [1.165, 1.54) is 23.3 Å². The summed E-state index contributed by atoms with van der Waals surface area (Å²) in [5, 5.41) is 16.4. The zero-order valence-electron chi connectivity index (χ0n) is 30.8. The zero-order valence-corrected chi connectivity index (χ0v) is 36.9. The molecule has 2 unspecified atom stereocenters. The fourth-order valence-electron chi connectivity index (χ4n) is 2.49. The van der Waals surface area contributed by atoms with Gasteiger partial charge in [0, 0.05) is 24.0 Å². The van der Waals surface area contributed by atoms with Gasteiger partial charge in [-0.2, -0.15) is 8.42 Å². The Labute approximate surface area is 358 Å². The molecule has 0 aromatic carbocycles. The molecule has 250 valence electrons. The van der Waals surface area contributed by atoms with Crippen LogP contribution in [0.25, 0.3) is 0 Å². The van der Waals surface area contributed by atoms with E-state index in [1.54, 1.807) is 13.8 Å². The third kappa shape index (κ3) is 53.7. The summed E-state index contributed by atoms with van der Waals surface area (Å²) in [6.07, 6.45) is 9.59. The summed E-state index contributed by atoms with van der Waals surface area (Å²) >= 11 is 0. The molecule has 0 radical (unpaired) electrons. The maximum absolute atomic E-state index is 11.4. The fourth-order valence-corrected chi connectivity index (χ4v) is 2.90. The van der Waals surface area contributed by atoms with E-state index in [-0.39, 0.29) is 135 Å². The second-order valence-corrected chi connectivity index (χ2v) is 12.4. The van der Waals surface area contributed by atoms with Crippen molar-refractivity contribution >= 4 is 28.5 Å². The van der Waals surface area contributed by atoms with Gasteiger partial charge in [0.1, 0.15) is 0 Å². The summed E-state index contributed by atoms with van der Waals surface area (Å²) in [6, 6.07) is 0. The predicted octanol–water partition coefficient (Wildman–Crippen LogP) is 0.148. The van der Waals surface area contributed by atoms with Gasteiger partial charge in [0.25, 0.3) is 16.6 Å². The maximum atomic E-state index is 11.4. The van der Waals surface area contributed by atoms with E-state index in [4.69, 9.17) is 24.1 Å². The summed E-state index contributed by atoms with van der Waals surface area (Å²) in [7, 11) is -3.35. The van der Waals surface area contributed by atoms with Gasteiger partial charge in [-0.05, 0) is 82.1 Å².